The first-order valence-electron chi connectivity index (χ1n) is 5.09. The zero-order chi connectivity index (χ0) is 13.4. The van der Waals surface area contributed by atoms with E-state index in [-0.39, 0.29) is 5.57 Å². The van der Waals surface area contributed by atoms with Gasteiger partial charge in [-0.25, -0.2) is 4.79 Å². The Labute approximate surface area is 99.8 Å². The predicted octanol–water partition coefficient (Wildman–Crippen LogP) is -1.52. The van der Waals surface area contributed by atoms with Gasteiger partial charge in [-0.05, 0) is 0 Å². The molecule has 1 saturated heterocycles. The number of H-pyrrole nitrogens is 1. The fourth-order valence-corrected chi connectivity index (χ4v) is 1.73. The zero-order valence-electron chi connectivity index (χ0n) is 9.17. The third-order valence-corrected chi connectivity index (χ3v) is 2.71. The Hall–Kier alpha value is -1.77. The first kappa shape index (κ1) is 12.7. The van der Waals surface area contributed by atoms with Crippen molar-refractivity contribution in [2.24, 2.45) is 0 Å². The molecule has 3 unspecified atom stereocenters. The van der Waals surface area contributed by atoms with Crippen LogP contribution in [0.3, 0.4) is 0 Å². The molecule has 1 fully saturated rings. The monoisotopic (exact) mass is 258 g/mol. The van der Waals surface area contributed by atoms with Crippen molar-refractivity contribution in [3.63, 3.8) is 0 Å². The number of hydrogen-bond donors (Lipinski definition) is 3. The molecule has 18 heavy (non-hydrogen) atoms. The van der Waals surface area contributed by atoms with E-state index in [4.69, 9.17) is 9.84 Å². The third-order valence-electron chi connectivity index (χ3n) is 2.71. The van der Waals surface area contributed by atoms with Crippen LogP contribution < -0.4 is 11.2 Å². The topological polar surface area (TPSA) is 105 Å². The Balaban J connectivity index is 2.45. The number of ether oxygens (including phenoxy) is 1. The van der Waals surface area contributed by atoms with E-state index in [2.05, 4.69) is 6.58 Å². The number of hydrogen-bond acceptors (Lipinski definition) is 5. The molecule has 2 heterocycles. The quantitative estimate of drug-likeness (QED) is 0.559. The highest BCUT2D eigenvalue weighted by Gasteiger charge is 2.38. The molecule has 98 valence electrons. The molecule has 0 aromatic carbocycles. The fraction of sp³-hybridized carbons (Fsp3) is 0.400. The lowest BCUT2D eigenvalue weighted by molar-refractivity contribution is -0.0450. The van der Waals surface area contributed by atoms with E-state index in [1.54, 1.807) is 4.98 Å². The van der Waals surface area contributed by atoms with Crippen molar-refractivity contribution in [3.05, 3.63) is 45.0 Å². The summed E-state index contributed by atoms with van der Waals surface area (Å²) in [5.41, 5.74) is -1.93. The lowest BCUT2D eigenvalue weighted by Gasteiger charge is -2.14. The summed E-state index contributed by atoms with van der Waals surface area (Å²) in [7, 11) is 0. The number of halogens is 1. The van der Waals surface area contributed by atoms with Gasteiger partial charge in [0.05, 0.1) is 12.8 Å². The van der Waals surface area contributed by atoms with Crippen molar-refractivity contribution < 1.29 is 19.3 Å². The number of nitrogens with zero attached hydrogens (tertiary/aromatic N) is 1. The van der Waals surface area contributed by atoms with Crippen LogP contribution in [0.1, 0.15) is 6.23 Å². The molecule has 8 heteroatoms. The van der Waals surface area contributed by atoms with Gasteiger partial charge < -0.3 is 14.9 Å². The van der Waals surface area contributed by atoms with Crippen molar-refractivity contribution in [1.29, 1.82) is 0 Å². The molecule has 2 rings (SSSR count). The molecular weight excluding hydrogens is 247 g/mol. The lowest BCUT2D eigenvalue weighted by atomic mass is 10.1. The summed E-state index contributed by atoms with van der Waals surface area (Å²) < 4.78 is 19.0. The van der Waals surface area contributed by atoms with Crippen molar-refractivity contribution >= 4 is 0 Å². The first-order chi connectivity index (χ1) is 8.45. The van der Waals surface area contributed by atoms with E-state index >= 15 is 0 Å². The summed E-state index contributed by atoms with van der Waals surface area (Å²) >= 11 is 0. The Bertz CT molecular complexity index is 593. The number of aromatic amines is 1. The number of rotatable bonds is 2. The molecule has 1 aliphatic rings. The summed E-state index contributed by atoms with van der Waals surface area (Å²) in [6, 6.07) is 0. The number of aliphatic hydroxyl groups is 2. The third kappa shape index (κ3) is 1.90. The van der Waals surface area contributed by atoms with Crippen LogP contribution in [0.5, 0.6) is 0 Å². The Kier molecular flexibility index (Phi) is 3.16. The van der Waals surface area contributed by atoms with Gasteiger partial charge >= 0.3 is 5.69 Å². The van der Waals surface area contributed by atoms with Crippen molar-refractivity contribution in [2.45, 2.75) is 18.4 Å². The van der Waals surface area contributed by atoms with Gasteiger partial charge in [-0.2, -0.15) is 4.39 Å². The molecular formula is C10H11FN2O5. The maximum atomic E-state index is 13.1. The second-order valence-corrected chi connectivity index (χ2v) is 3.87. The van der Waals surface area contributed by atoms with Gasteiger partial charge in [-0.1, -0.05) is 6.58 Å². The average molecular weight is 258 g/mol. The molecule has 0 spiro atoms. The van der Waals surface area contributed by atoms with Crippen LogP contribution in [-0.4, -0.2) is 38.6 Å². The van der Waals surface area contributed by atoms with E-state index in [0.29, 0.717) is 6.20 Å². The minimum atomic E-state index is -1.16. The molecule has 0 bridgehead atoms. The van der Waals surface area contributed by atoms with E-state index in [1.807, 2.05) is 0 Å². The average Bonchev–Trinajstić information content (AvgIpc) is 2.61. The van der Waals surface area contributed by atoms with E-state index in [1.165, 1.54) is 0 Å². The second-order valence-electron chi connectivity index (χ2n) is 3.87. The normalized spacial score (nSPS) is 27.7. The number of aliphatic hydroxyl groups excluding tert-OH is 2. The van der Waals surface area contributed by atoms with Crippen LogP contribution in [0.15, 0.2) is 27.9 Å². The lowest BCUT2D eigenvalue weighted by Crippen LogP contribution is -2.34. The molecule has 1 aliphatic heterocycles. The molecule has 3 N–H and O–H groups in total. The van der Waals surface area contributed by atoms with Gasteiger partial charge in [0, 0.05) is 5.57 Å². The van der Waals surface area contributed by atoms with Crippen molar-refractivity contribution in [3.8, 4) is 0 Å². The van der Waals surface area contributed by atoms with Gasteiger partial charge in [-0.3, -0.25) is 14.3 Å². The highest BCUT2D eigenvalue weighted by atomic mass is 19.1. The Morgan fingerprint density at radius 3 is 2.78 bits per heavy atom. The summed E-state index contributed by atoms with van der Waals surface area (Å²) in [5.74, 6) is -1.16. The molecule has 0 radical (unpaired) electrons. The zero-order valence-corrected chi connectivity index (χ0v) is 9.17. The fourth-order valence-electron chi connectivity index (χ4n) is 1.73. The number of nitrogens with one attached hydrogen (secondary N) is 1. The van der Waals surface area contributed by atoms with Crippen LogP contribution in [0.4, 0.5) is 4.39 Å². The van der Waals surface area contributed by atoms with Gasteiger partial charge in [0.25, 0.3) is 5.56 Å². The SMILES string of the molecule is C=C1C(O)C(CO)OC1n1cc(F)c(=O)[nH]c1=O. The summed E-state index contributed by atoms with van der Waals surface area (Å²) in [4.78, 5) is 24.1. The maximum absolute atomic E-state index is 13.1. The molecule has 1 aromatic heterocycles. The molecule has 7 nitrogen and oxygen atoms in total. The number of aromatic nitrogens is 2. The van der Waals surface area contributed by atoms with Crippen molar-refractivity contribution in [2.75, 3.05) is 6.61 Å². The van der Waals surface area contributed by atoms with Crippen LogP contribution in [0.2, 0.25) is 0 Å². The molecule has 0 aliphatic carbocycles. The van der Waals surface area contributed by atoms with Gasteiger partial charge in [0.15, 0.2) is 6.23 Å². The van der Waals surface area contributed by atoms with Crippen LogP contribution in [0, 0.1) is 5.82 Å². The smallest absolute Gasteiger partial charge is 0.330 e. The largest absolute Gasteiger partial charge is 0.394 e. The first-order valence-corrected chi connectivity index (χ1v) is 5.09. The highest BCUT2D eigenvalue weighted by Crippen LogP contribution is 2.31. The molecule has 0 amide bonds. The van der Waals surface area contributed by atoms with Crippen LogP contribution in [-0.2, 0) is 4.74 Å². The second kappa shape index (κ2) is 4.48. The maximum Gasteiger partial charge on any atom is 0.330 e. The molecule has 1 aromatic rings. The summed E-state index contributed by atoms with van der Waals surface area (Å²) in [5, 5.41) is 18.6. The predicted molar refractivity (Wildman–Crippen MR) is 57.4 cm³/mol. The summed E-state index contributed by atoms with van der Waals surface area (Å²) in [6.45, 7) is 3.05. The van der Waals surface area contributed by atoms with Crippen LogP contribution in [0.25, 0.3) is 0 Å². The summed E-state index contributed by atoms with van der Waals surface area (Å²) in [6.07, 6.45) is -2.56. The minimum absolute atomic E-state index is 0.0996. The highest BCUT2D eigenvalue weighted by molar-refractivity contribution is 5.15. The van der Waals surface area contributed by atoms with E-state index in [0.717, 1.165) is 4.57 Å². The van der Waals surface area contributed by atoms with E-state index < -0.39 is 42.1 Å². The van der Waals surface area contributed by atoms with Gasteiger partial charge in [0.2, 0.25) is 5.82 Å². The minimum Gasteiger partial charge on any atom is -0.394 e. The van der Waals surface area contributed by atoms with E-state index in [9.17, 15) is 19.1 Å². The molecule has 3 atom stereocenters. The van der Waals surface area contributed by atoms with Gasteiger partial charge in [-0.15, -0.1) is 0 Å². The standard InChI is InChI=1S/C10H11FN2O5/c1-4-7(15)6(3-14)18-9(4)13-2-5(11)8(16)12-10(13)17/h2,6-7,9,14-15H,1,3H2,(H,12,16,17). The molecule has 0 saturated carbocycles. The Morgan fingerprint density at radius 1 is 1.56 bits per heavy atom. The van der Waals surface area contributed by atoms with Crippen molar-refractivity contribution in [1.82, 2.24) is 9.55 Å². The Morgan fingerprint density at radius 2 is 2.22 bits per heavy atom. The van der Waals surface area contributed by atoms with Gasteiger partial charge in [0.1, 0.15) is 12.2 Å². The van der Waals surface area contributed by atoms with Crippen LogP contribution >= 0.6 is 0 Å².